The highest BCUT2D eigenvalue weighted by atomic mass is 32.1. The molecule has 0 radical (unpaired) electrons. The van der Waals surface area contributed by atoms with E-state index in [1.165, 1.54) is 10.5 Å². The van der Waals surface area contributed by atoms with Crippen molar-refractivity contribution in [2.75, 3.05) is 18.4 Å². The van der Waals surface area contributed by atoms with Crippen molar-refractivity contribution in [3.63, 3.8) is 0 Å². The second kappa shape index (κ2) is 7.02. The maximum Gasteiger partial charge on any atom is 0.246 e. The van der Waals surface area contributed by atoms with Crippen LogP contribution in [0.4, 0.5) is 5.82 Å². The molecule has 4 heterocycles. The minimum Gasteiger partial charge on any atom is -0.338 e. The number of amides is 2. The predicted molar refractivity (Wildman–Crippen MR) is 111 cm³/mol. The van der Waals surface area contributed by atoms with E-state index in [1.807, 2.05) is 17.0 Å². The number of pyridine rings is 1. The van der Waals surface area contributed by atoms with Crippen LogP contribution in [0.2, 0.25) is 0 Å². The molecule has 1 saturated heterocycles. The lowest BCUT2D eigenvalue weighted by atomic mass is 10.00. The number of rotatable bonds is 3. The van der Waals surface area contributed by atoms with Gasteiger partial charge in [-0.15, -0.1) is 11.3 Å². The summed E-state index contributed by atoms with van der Waals surface area (Å²) in [7, 11) is 0. The van der Waals surface area contributed by atoms with Crippen molar-refractivity contribution < 1.29 is 9.59 Å². The quantitative estimate of drug-likeness (QED) is 0.813. The van der Waals surface area contributed by atoms with Crippen molar-refractivity contribution in [2.45, 2.75) is 19.3 Å². The Balaban J connectivity index is 1.23. The summed E-state index contributed by atoms with van der Waals surface area (Å²) >= 11 is 1.79. The number of hydrogen-bond acceptors (Lipinski definition) is 4. The number of nitrogens with zero attached hydrogens (tertiary/aromatic N) is 2. The third-order valence-corrected chi connectivity index (χ3v) is 6.77. The van der Waals surface area contributed by atoms with Gasteiger partial charge in [-0.05, 0) is 65.0 Å². The molecule has 2 amide bonds. The summed E-state index contributed by atoms with van der Waals surface area (Å²) in [5, 5.41) is 4.90. The second-order valence-corrected chi connectivity index (χ2v) is 8.65. The molecule has 1 aliphatic carbocycles. The molecule has 0 aromatic carbocycles. The van der Waals surface area contributed by atoms with Crippen molar-refractivity contribution >= 4 is 40.6 Å². The van der Waals surface area contributed by atoms with Crippen LogP contribution < -0.4 is 5.32 Å². The van der Waals surface area contributed by atoms with Gasteiger partial charge >= 0.3 is 0 Å². The number of thiophene rings is 1. The first kappa shape index (κ1) is 17.4. The van der Waals surface area contributed by atoms with E-state index < -0.39 is 0 Å². The average Bonchev–Trinajstić information content (AvgIpc) is 3.41. The van der Waals surface area contributed by atoms with Gasteiger partial charge < -0.3 is 10.2 Å². The molecule has 1 fully saturated rings. The lowest BCUT2D eigenvalue weighted by Gasteiger charge is -2.16. The maximum atomic E-state index is 12.6. The fraction of sp³-hybridized carbons (Fsp3) is 0.318. The van der Waals surface area contributed by atoms with E-state index in [0.29, 0.717) is 30.5 Å². The number of hydrogen-bond donors (Lipinski definition) is 1. The first-order valence-electron chi connectivity index (χ1n) is 9.66. The molecule has 2 aliphatic heterocycles. The number of carbonyl (C=O) groups excluding carboxylic acids is 2. The number of anilines is 1. The van der Waals surface area contributed by atoms with E-state index in [9.17, 15) is 9.59 Å². The number of carbonyl (C=O) groups is 2. The van der Waals surface area contributed by atoms with Gasteiger partial charge in [0.15, 0.2) is 0 Å². The summed E-state index contributed by atoms with van der Waals surface area (Å²) in [6.07, 6.45) is 9.79. The summed E-state index contributed by atoms with van der Waals surface area (Å²) in [5.41, 5.74) is 3.36. The molecule has 0 saturated carbocycles. The smallest absolute Gasteiger partial charge is 0.246 e. The van der Waals surface area contributed by atoms with Crippen LogP contribution in [-0.2, 0) is 16.0 Å². The van der Waals surface area contributed by atoms with Crippen LogP contribution in [-0.4, -0.2) is 34.8 Å². The highest BCUT2D eigenvalue weighted by molar-refractivity contribution is 7.11. The fourth-order valence-corrected chi connectivity index (χ4v) is 5.14. The molecule has 2 atom stereocenters. The lowest BCUT2D eigenvalue weighted by Crippen LogP contribution is -2.27. The minimum atomic E-state index is 0.00865. The first-order valence-corrected chi connectivity index (χ1v) is 10.5. The Morgan fingerprint density at radius 1 is 1.32 bits per heavy atom. The molecular formula is C22H21N3O2S. The van der Waals surface area contributed by atoms with Crippen LogP contribution in [0.1, 0.15) is 28.8 Å². The Morgan fingerprint density at radius 2 is 2.25 bits per heavy atom. The largest absolute Gasteiger partial charge is 0.338 e. The zero-order valence-electron chi connectivity index (χ0n) is 15.4. The van der Waals surface area contributed by atoms with Crippen LogP contribution in [0, 0.1) is 11.8 Å². The summed E-state index contributed by atoms with van der Waals surface area (Å²) in [5.74, 6) is 1.73. The highest BCUT2D eigenvalue weighted by Crippen LogP contribution is 2.42. The van der Waals surface area contributed by atoms with Gasteiger partial charge in [0, 0.05) is 36.7 Å². The zero-order valence-corrected chi connectivity index (χ0v) is 16.2. The van der Waals surface area contributed by atoms with Gasteiger partial charge in [-0.3, -0.25) is 9.59 Å². The van der Waals surface area contributed by atoms with Gasteiger partial charge in [0.2, 0.25) is 11.8 Å². The van der Waals surface area contributed by atoms with E-state index >= 15 is 0 Å². The van der Waals surface area contributed by atoms with Crippen molar-refractivity contribution in [1.29, 1.82) is 0 Å². The summed E-state index contributed by atoms with van der Waals surface area (Å²) < 4.78 is 0. The number of aromatic nitrogens is 1. The van der Waals surface area contributed by atoms with Gasteiger partial charge in [-0.2, -0.15) is 0 Å². The number of allylic oxidation sites excluding steroid dienone is 1. The van der Waals surface area contributed by atoms with E-state index in [2.05, 4.69) is 33.9 Å². The van der Waals surface area contributed by atoms with Crippen molar-refractivity contribution in [1.82, 2.24) is 9.88 Å². The van der Waals surface area contributed by atoms with Crippen LogP contribution >= 0.6 is 11.3 Å². The van der Waals surface area contributed by atoms with Crippen LogP contribution in [0.3, 0.4) is 0 Å². The number of likely N-dealkylation sites (tertiary alicyclic amines) is 1. The van der Waals surface area contributed by atoms with Gasteiger partial charge in [-0.1, -0.05) is 12.1 Å². The van der Waals surface area contributed by atoms with Gasteiger partial charge in [-0.25, -0.2) is 4.98 Å². The van der Waals surface area contributed by atoms with E-state index in [-0.39, 0.29) is 11.8 Å². The van der Waals surface area contributed by atoms with Crippen LogP contribution in [0.5, 0.6) is 0 Å². The summed E-state index contributed by atoms with van der Waals surface area (Å²) in [6.45, 7) is 1.63. The molecule has 6 heteroatoms. The molecule has 2 aromatic rings. The Labute approximate surface area is 167 Å². The Hall–Kier alpha value is -2.73. The van der Waals surface area contributed by atoms with Gasteiger partial charge in [0.25, 0.3) is 0 Å². The standard InChI is InChI=1S/C22H21N3O2S/c26-20-5-4-15-8-14(11-23-22(15)24-20)3-6-21(27)25-12-17-9-16(10-18(17)13-25)19-2-1-7-28-19/h1-3,6-9,11,17-18H,4-5,10,12-13H2,(H,23,24,26)/b6-3+/t17?,18-/m0/s1. The molecule has 5 nitrogen and oxygen atoms in total. The lowest BCUT2D eigenvalue weighted by molar-refractivity contribution is -0.125. The molecule has 3 aliphatic rings. The summed E-state index contributed by atoms with van der Waals surface area (Å²) in [4.78, 5) is 31.7. The first-order chi connectivity index (χ1) is 13.7. The summed E-state index contributed by atoms with van der Waals surface area (Å²) in [6, 6.07) is 6.28. The molecule has 28 heavy (non-hydrogen) atoms. The number of fused-ring (bicyclic) bond motifs is 2. The normalized spacial score (nSPS) is 23.5. The Kier molecular flexibility index (Phi) is 4.36. The van der Waals surface area contributed by atoms with Crippen molar-refractivity contribution in [2.24, 2.45) is 11.8 Å². The molecule has 1 N–H and O–H groups in total. The predicted octanol–water partition coefficient (Wildman–Crippen LogP) is 3.60. The molecular weight excluding hydrogens is 370 g/mol. The molecule has 142 valence electrons. The van der Waals surface area contributed by atoms with Crippen LogP contribution in [0.15, 0.2) is 41.9 Å². The maximum absolute atomic E-state index is 12.6. The topological polar surface area (TPSA) is 62.3 Å². The SMILES string of the molecule is O=C1CCc2cc(/C=C/C(=O)N3CC4C=C(c5cccs5)C[C@H]4C3)cnc2N1. The third kappa shape index (κ3) is 3.29. The van der Waals surface area contributed by atoms with Crippen LogP contribution in [0.25, 0.3) is 11.6 Å². The van der Waals surface area contributed by atoms with E-state index in [0.717, 1.165) is 30.6 Å². The highest BCUT2D eigenvalue weighted by Gasteiger charge is 2.37. The number of nitrogens with one attached hydrogen (secondary N) is 1. The minimum absolute atomic E-state index is 0.00865. The molecule has 5 rings (SSSR count). The average molecular weight is 391 g/mol. The molecule has 0 spiro atoms. The Bertz CT molecular complexity index is 993. The second-order valence-electron chi connectivity index (χ2n) is 7.70. The third-order valence-electron chi connectivity index (χ3n) is 5.82. The zero-order chi connectivity index (χ0) is 19.1. The van der Waals surface area contributed by atoms with Crippen molar-refractivity contribution in [3.05, 3.63) is 57.9 Å². The fourth-order valence-electron chi connectivity index (χ4n) is 4.37. The van der Waals surface area contributed by atoms with E-state index in [4.69, 9.17) is 0 Å². The van der Waals surface area contributed by atoms with Gasteiger partial charge in [0.05, 0.1) is 0 Å². The van der Waals surface area contributed by atoms with Gasteiger partial charge in [0.1, 0.15) is 5.82 Å². The van der Waals surface area contributed by atoms with E-state index in [1.54, 1.807) is 23.6 Å². The monoisotopic (exact) mass is 391 g/mol. The Morgan fingerprint density at radius 3 is 3.07 bits per heavy atom. The molecule has 0 bridgehead atoms. The molecule has 2 aromatic heterocycles. The van der Waals surface area contributed by atoms with Crippen molar-refractivity contribution in [3.8, 4) is 0 Å². The number of aryl methyl sites for hydroxylation is 1. The molecule has 1 unspecified atom stereocenters.